The predicted octanol–water partition coefficient (Wildman–Crippen LogP) is 3.53. The van der Waals surface area contributed by atoms with Crippen LogP contribution in [0.4, 0.5) is 4.79 Å². The van der Waals surface area contributed by atoms with Crippen LogP contribution in [0.15, 0.2) is 48.5 Å². The van der Waals surface area contributed by atoms with E-state index in [1.807, 2.05) is 50.2 Å². The Morgan fingerprint density at radius 3 is 2.16 bits per heavy atom. The van der Waals surface area contributed by atoms with E-state index in [-0.39, 0.29) is 31.4 Å². The van der Waals surface area contributed by atoms with Crippen molar-refractivity contribution in [1.29, 1.82) is 0 Å². The van der Waals surface area contributed by atoms with Crippen LogP contribution < -0.4 is 10.6 Å². The summed E-state index contributed by atoms with van der Waals surface area (Å²) in [4.78, 5) is 35.7. The van der Waals surface area contributed by atoms with Gasteiger partial charge in [-0.2, -0.15) is 0 Å². The van der Waals surface area contributed by atoms with Crippen molar-refractivity contribution >= 4 is 18.0 Å². The lowest BCUT2D eigenvalue weighted by molar-refractivity contribution is -0.137. The number of carbonyl (C=O) groups is 3. The van der Waals surface area contributed by atoms with E-state index in [4.69, 9.17) is 9.84 Å². The summed E-state index contributed by atoms with van der Waals surface area (Å²) in [7, 11) is 0. The van der Waals surface area contributed by atoms with E-state index in [1.54, 1.807) is 0 Å². The van der Waals surface area contributed by atoms with Crippen molar-refractivity contribution < 1.29 is 24.2 Å². The minimum atomic E-state index is -0.995. The Balaban J connectivity index is 1.64. The van der Waals surface area contributed by atoms with Crippen molar-refractivity contribution in [3.05, 3.63) is 59.7 Å². The third-order valence-electron chi connectivity index (χ3n) is 5.75. The molecule has 7 nitrogen and oxygen atoms in total. The monoisotopic (exact) mass is 424 g/mol. The van der Waals surface area contributed by atoms with Crippen LogP contribution in [-0.2, 0) is 14.3 Å². The number of hydrogen-bond donors (Lipinski definition) is 3. The van der Waals surface area contributed by atoms with Crippen molar-refractivity contribution in [3.8, 4) is 11.1 Å². The van der Waals surface area contributed by atoms with Gasteiger partial charge in [0.15, 0.2) is 0 Å². The van der Waals surface area contributed by atoms with Gasteiger partial charge in [0.2, 0.25) is 5.91 Å². The predicted molar refractivity (Wildman–Crippen MR) is 117 cm³/mol. The fourth-order valence-electron chi connectivity index (χ4n) is 3.87. The Labute approximate surface area is 181 Å². The molecule has 0 spiro atoms. The largest absolute Gasteiger partial charge is 0.481 e. The molecular weight excluding hydrogens is 396 g/mol. The summed E-state index contributed by atoms with van der Waals surface area (Å²) in [6, 6.07) is 15.3. The number of aliphatic carboxylic acids is 1. The highest BCUT2D eigenvalue weighted by molar-refractivity contribution is 5.86. The number of ether oxygens (including phenoxy) is 1. The number of carbonyl (C=O) groups excluding carboxylic acids is 2. The van der Waals surface area contributed by atoms with E-state index in [2.05, 4.69) is 22.8 Å². The first-order chi connectivity index (χ1) is 14.9. The second-order valence-electron chi connectivity index (χ2n) is 7.77. The Kier molecular flexibility index (Phi) is 7.28. The van der Waals surface area contributed by atoms with Crippen molar-refractivity contribution in [2.75, 3.05) is 13.2 Å². The SMILES string of the molecule is CC[C@H](C)[C@H](NC(=O)OCC1c2ccccc2-c2ccccc21)C(=O)NCCC(=O)O. The molecule has 2 atom stereocenters. The average molecular weight is 424 g/mol. The maximum Gasteiger partial charge on any atom is 0.407 e. The van der Waals surface area contributed by atoms with Gasteiger partial charge in [-0.25, -0.2) is 4.79 Å². The summed E-state index contributed by atoms with van der Waals surface area (Å²) in [5.41, 5.74) is 4.51. The van der Waals surface area contributed by atoms with Crippen molar-refractivity contribution in [3.63, 3.8) is 0 Å². The highest BCUT2D eigenvalue weighted by Crippen LogP contribution is 2.44. The number of carboxylic acids is 1. The minimum Gasteiger partial charge on any atom is -0.481 e. The molecule has 0 heterocycles. The molecule has 0 fully saturated rings. The molecule has 2 aromatic rings. The normalized spacial score (nSPS) is 14.1. The lowest BCUT2D eigenvalue weighted by Gasteiger charge is -2.23. The van der Waals surface area contributed by atoms with Crippen LogP contribution in [0.3, 0.4) is 0 Å². The third-order valence-corrected chi connectivity index (χ3v) is 5.75. The second-order valence-corrected chi connectivity index (χ2v) is 7.77. The van der Waals surface area contributed by atoms with Gasteiger partial charge < -0.3 is 20.5 Å². The third kappa shape index (κ3) is 5.23. The van der Waals surface area contributed by atoms with Gasteiger partial charge in [0, 0.05) is 12.5 Å². The number of fused-ring (bicyclic) bond motifs is 3. The Hall–Kier alpha value is -3.35. The molecule has 0 bridgehead atoms. The molecule has 1 aliphatic rings. The molecule has 0 aliphatic heterocycles. The molecular formula is C24H28N2O5. The van der Waals surface area contributed by atoms with E-state index >= 15 is 0 Å². The van der Waals surface area contributed by atoms with Gasteiger partial charge in [-0.1, -0.05) is 68.8 Å². The van der Waals surface area contributed by atoms with Gasteiger partial charge in [-0.3, -0.25) is 9.59 Å². The van der Waals surface area contributed by atoms with Crippen LogP contribution in [0, 0.1) is 5.92 Å². The molecule has 0 aromatic heterocycles. The van der Waals surface area contributed by atoms with E-state index in [9.17, 15) is 14.4 Å². The Bertz CT molecular complexity index is 913. The number of amides is 2. The van der Waals surface area contributed by atoms with Crippen LogP contribution in [-0.4, -0.2) is 42.3 Å². The van der Waals surface area contributed by atoms with Crippen LogP contribution in [0.25, 0.3) is 11.1 Å². The molecule has 164 valence electrons. The second kappa shape index (κ2) is 10.1. The quantitative estimate of drug-likeness (QED) is 0.571. The van der Waals surface area contributed by atoms with Crippen LogP contribution in [0.1, 0.15) is 43.7 Å². The van der Waals surface area contributed by atoms with Crippen molar-refractivity contribution in [2.24, 2.45) is 5.92 Å². The van der Waals surface area contributed by atoms with Gasteiger partial charge >= 0.3 is 12.1 Å². The number of benzene rings is 2. The molecule has 0 saturated heterocycles. The summed E-state index contributed by atoms with van der Waals surface area (Å²) < 4.78 is 5.53. The average Bonchev–Trinajstić information content (AvgIpc) is 3.09. The van der Waals surface area contributed by atoms with Crippen molar-refractivity contribution in [1.82, 2.24) is 10.6 Å². The first kappa shape index (κ1) is 22.3. The van der Waals surface area contributed by atoms with Gasteiger partial charge in [0.1, 0.15) is 12.6 Å². The van der Waals surface area contributed by atoms with Crippen LogP contribution in [0.5, 0.6) is 0 Å². The molecule has 2 amide bonds. The van der Waals surface area contributed by atoms with E-state index in [0.29, 0.717) is 6.42 Å². The maximum atomic E-state index is 12.5. The summed E-state index contributed by atoms with van der Waals surface area (Å²) in [5, 5.41) is 14.0. The molecule has 0 radical (unpaired) electrons. The Morgan fingerprint density at radius 2 is 1.61 bits per heavy atom. The molecule has 0 saturated carbocycles. The fourth-order valence-corrected chi connectivity index (χ4v) is 3.87. The number of nitrogens with one attached hydrogen (secondary N) is 2. The zero-order valence-corrected chi connectivity index (χ0v) is 17.8. The highest BCUT2D eigenvalue weighted by Gasteiger charge is 2.30. The van der Waals surface area contributed by atoms with E-state index < -0.39 is 24.0 Å². The Morgan fingerprint density at radius 1 is 1.03 bits per heavy atom. The maximum absolute atomic E-state index is 12.5. The molecule has 3 rings (SSSR count). The van der Waals surface area contributed by atoms with E-state index in [1.165, 1.54) is 0 Å². The first-order valence-corrected chi connectivity index (χ1v) is 10.5. The standard InChI is InChI=1S/C24H28N2O5/c1-3-15(2)22(23(29)25-13-12-21(27)28)26-24(30)31-14-20-18-10-6-4-8-16(18)17-9-5-7-11-19(17)20/h4-11,15,20,22H,3,12-14H2,1-2H3,(H,25,29)(H,26,30)(H,27,28)/t15-,22-/m0/s1. The van der Waals surface area contributed by atoms with Gasteiger partial charge in [0.25, 0.3) is 0 Å². The molecule has 1 aliphatic carbocycles. The lowest BCUT2D eigenvalue weighted by atomic mass is 9.98. The zero-order chi connectivity index (χ0) is 22.4. The minimum absolute atomic E-state index is 0.00741. The molecule has 3 N–H and O–H groups in total. The van der Waals surface area contributed by atoms with Crippen LogP contribution >= 0.6 is 0 Å². The smallest absolute Gasteiger partial charge is 0.407 e. The summed E-state index contributed by atoms with van der Waals surface area (Å²) in [6.07, 6.45) is -0.176. The molecule has 2 aromatic carbocycles. The number of alkyl carbamates (subject to hydrolysis) is 1. The number of rotatable bonds is 9. The summed E-state index contributed by atoms with van der Waals surface area (Å²) >= 11 is 0. The molecule has 31 heavy (non-hydrogen) atoms. The topological polar surface area (TPSA) is 105 Å². The number of carboxylic acid groups (broad SMARTS) is 1. The first-order valence-electron chi connectivity index (χ1n) is 10.5. The lowest BCUT2D eigenvalue weighted by Crippen LogP contribution is -2.50. The van der Waals surface area contributed by atoms with Gasteiger partial charge in [0.05, 0.1) is 6.42 Å². The van der Waals surface area contributed by atoms with Gasteiger partial charge in [-0.05, 0) is 28.2 Å². The fraction of sp³-hybridized carbons (Fsp3) is 0.375. The highest BCUT2D eigenvalue weighted by atomic mass is 16.5. The number of hydrogen-bond acceptors (Lipinski definition) is 4. The van der Waals surface area contributed by atoms with Crippen LogP contribution in [0.2, 0.25) is 0 Å². The van der Waals surface area contributed by atoms with Crippen molar-refractivity contribution in [2.45, 2.75) is 38.6 Å². The van der Waals surface area contributed by atoms with Gasteiger partial charge in [-0.15, -0.1) is 0 Å². The summed E-state index contributed by atoms with van der Waals surface area (Å²) in [5.74, 6) is -1.61. The molecule has 0 unspecified atom stereocenters. The molecule has 7 heteroatoms. The zero-order valence-electron chi connectivity index (χ0n) is 17.8. The van der Waals surface area contributed by atoms with E-state index in [0.717, 1.165) is 22.3 Å². The summed E-state index contributed by atoms with van der Waals surface area (Å²) in [6.45, 7) is 3.94.